The predicted molar refractivity (Wildman–Crippen MR) is 97.2 cm³/mol. The van der Waals surface area contributed by atoms with Crippen molar-refractivity contribution in [3.63, 3.8) is 0 Å². The second kappa shape index (κ2) is 6.43. The third-order valence-electron chi connectivity index (χ3n) is 5.24. The lowest BCUT2D eigenvalue weighted by molar-refractivity contribution is -0.122. The van der Waals surface area contributed by atoms with Crippen molar-refractivity contribution in [2.24, 2.45) is 5.92 Å². The molecule has 2 aromatic carbocycles. The highest BCUT2D eigenvalue weighted by Gasteiger charge is 2.31. The molecule has 1 fully saturated rings. The molecule has 2 aliphatic rings. The van der Waals surface area contributed by atoms with Gasteiger partial charge in [-0.25, -0.2) is 0 Å². The molecule has 0 heterocycles. The second-order valence-corrected chi connectivity index (χ2v) is 6.81. The SMILES string of the molecule is COc1ccc2c(c1)C(CCNC(=O)C1CC1)c1cc(OC)ccc1-2. The molecule has 0 saturated heterocycles. The lowest BCUT2D eigenvalue weighted by Crippen LogP contribution is -2.26. The molecule has 0 aromatic heterocycles. The van der Waals surface area contributed by atoms with E-state index in [1.807, 2.05) is 12.1 Å². The zero-order valence-electron chi connectivity index (χ0n) is 14.7. The quantitative estimate of drug-likeness (QED) is 0.874. The van der Waals surface area contributed by atoms with E-state index in [9.17, 15) is 4.79 Å². The maximum Gasteiger partial charge on any atom is 0.223 e. The minimum absolute atomic E-state index is 0.203. The van der Waals surface area contributed by atoms with Crippen molar-refractivity contribution in [2.75, 3.05) is 20.8 Å². The van der Waals surface area contributed by atoms with E-state index >= 15 is 0 Å². The van der Waals surface area contributed by atoms with Gasteiger partial charge in [-0.1, -0.05) is 12.1 Å². The zero-order valence-corrected chi connectivity index (χ0v) is 14.7. The number of benzene rings is 2. The predicted octanol–water partition coefficient (Wildman–Crippen LogP) is 3.73. The molecule has 1 N–H and O–H groups in total. The number of methoxy groups -OCH3 is 2. The largest absolute Gasteiger partial charge is 0.497 e. The maximum absolute atomic E-state index is 11.9. The Bertz CT molecular complexity index is 757. The van der Waals surface area contributed by atoms with Crippen LogP contribution >= 0.6 is 0 Å². The van der Waals surface area contributed by atoms with Crippen LogP contribution in [0.3, 0.4) is 0 Å². The Hall–Kier alpha value is -2.49. The molecule has 0 atom stereocenters. The van der Waals surface area contributed by atoms with Gasteiger partial charge in [-0.05, 0) is 65.8 Å². The van der Waals surface area contributed by atoms with E-state index in [2.05, 4.69) is 29.6 Å². The third-order valence-corrected chi connectivity index (χ3v) is 5.24. The average molecular weight is 337 g/mol. The smallest absolute Gasteiger partial charge is 0.223 e. The number of rotatable bonds is 6. The molecule has 2 aromatic rings. The van der Waals surface area contributed by atoms with Crippen molar-refractivity contribution >= 4 is 5.91 Å². The molecule has 4 heteroatoms. The zero-order chi connectivity index (χ0) is 17.4. The number of ether oxygens (including phenoxy) is 2. The number of carbonyl (C=O) groups excluding carboxylic acids is 1. The van der Waals surface area contributed by atoms with Gasteiger partial charge in [0.25, 0.3) is 0 Å². The van der Waals surface area contributed by atoms with Crippen LogP contribution in [0.15, 0.2) is 36.4 Å². The second-order valence-electron chi connectivity index (χ2n) is 6.81. The van der Waals surface area contributed by atoms with Gasteiger partial charge in [0, 0.05) is 18.4 Å². The van der Waals surface area contributed by atoms with Crippen molar-refractivity contribution in [2.45, 2.75) is 25.2 Å². The Morgan fingerprint density at radius 3 is 2.04 bits per heavy atom. The summed E-state index contributed by atoms with van der Waals surface area (Å²) in [5, 5.41) is 3.09. The lowest BCUT2D eigenvalue weighted by Gasteiger charge is -2.15. The molecule has 1 amide bonds. The van der Waals surface area contributed by atoms with E-state index in [0.717, 1.165) is 30.8 Å². The summed E-state index contributed by atoms with van der Waals surface area (Å²) in [5.41, 5.74) is 5.03. The summed E-state index contributed by atoms with van der Waals surface area (Å²) in [6.07, 6.45) is 2.95. The van der Waals surface area contributed by atoms with Gasteiger partial charge in [0.05, 0.1) is 14.2 Å². The van der Waals surface area contributed by atoms with Gasteiger partial charge in [-0.3, -0.25) is 4.79 Å². The molecule has 4 nitrogen and oxygen atoms in total. The summed E-state index contributed by atoms with van der Waals surface area (Å²) in [5.74, 6) is 2.43. The highest BCUT2D eigenvalue weighted by Crippen LogP contribution is 2.48. The molecular formula is C21H23NO3. The molecule has 2 aliphatic carbocycles. The lowest BCUT2D eigenvalue weighted by atomic mass is 9.93. The molecule has 0 spiro atoms. The summed E-state index contributed by atoms with van der Waals surface area (Å²) in [6.45, 7) is 0.688. The Kier molecular flexibility index (Phi) is 4.12. The number of fused-ring (bicyclic) bond motifs is 3. The fourth-order valence-electron chi connectivity index (χ4n) is 3.71. The fourth-order valence-corrected chi connectivity index (χ4v) is 3.71. The molecule has 130 valence electrons. The standard InChI is InChI=1S/C21H23NO3/c1-24-14-5-7-16-17-8-6-15(25-2)12-20(17)18(19(16)11-14)9-10-22-21(23)13-3-4-13/h5-8,11-13,18H,3-4,9-10H2,1-2H3,(H,22,23). The van der Waals surface area contributed by atoms with Crippen LogP contribution in [-0.2, 0) is 4.79 Å². The summed E-state index contributed by atoms with van der Waals surface area (Å²) >= 11 is 0. The highest BCUT2D eigenvalue weighted by molar-refractivity contribution is 5.81. The van der Waals surface area contributed by atoms with E-state index in [0.29, 0.717) is 6.54 Å². The summed E-state index contributed by atoms with van der Waals surface area (Å²) < 4.78 is 10.8. The number of hydrogen-bond acceptors (Lipinski definition) is 3. The Morgan fingerprint density at radius 2 is 1.56 bits per heavy atom. The van der Waals surface area contributed by atoms with Crippen LogP contribution in [0, 0.1) is 5.92 Å². The number of hydrogen-bond donors (Lipinski definition) is 1. The maximum atomic E-state index is 11.9. The van der Waals surface area contributed by atoms with Gasteiger partial charge in [0.15, 0.2) is 0 Å². The van der Waals surface area contributed by atoms with Crippen LogP contribution in [0.4, 0.5) is 0 Å². The first kappa shape index (κ1) is 16.0. The number of carbonyl (C=O) groups is 1. The van der Waals surface area contributed by atoms with Gasteiger partial charge in [-0.2, -0.15) is 0 Å². The molecule has 0 unspecified atom stereocenters. The topological polar surface area (TPSA) is 47.6 Å². The first-order chi connectivity index (χ1) is 12.2. The first-order valence-corrected chi connectivity index (χ1v) is 8.85. The van der Waals surface area contributed by atoms with E-state index in [1.54, 1.807) is 14.2 Å². The highest BCUT2D eigenvalue weighted by atomic mass is 16.5. The van der Waals surface area contributed by atoms with E-state index in [4.69, 9.17) is 9.47 Å². The average Bonchev–Trinajstić information content (AvgIpc) is 3.45. The number of nitrogens with one attached hydrogen (secondary N) is 1. The van der Waals surface area contributed by atoms with Gasteiger partial charge < -0.3 is 14.8 Å². The van der Waals surface area contributed by atoms with Crippen LogP contribution in [-0.4, -0.2) is 26.7 Å². The Morgan fingerprint density at radius 1 is 1.00 bits per heavy atom. The summed E-state index contributed by atoms with van der Waals surface area (Å²) in [7, 11) is 3.38. The van der Waals surface area contributed by atoms with Crippen molar-refractivity contribution < 1.29 is 14.3 Å². The van der Waals surface area contributed by atoms with Crippen LogP contribution in [0.5, 0.6) is 11.5 Å². The van der Waals surface area contributed by atoms with Crippen molar-refractivity contribution in [1.82, 2.24) is 5.32 Å². The Labute approximate surface area is 148 Å². The van der Waals surface area contributed by atoms with Gasteiger partial charge in [0.1, 0.15) is 11.5 Å². The fraction of sp³-hybridized carbons (Fsp3) is 0.381. The normalized spacial score (nSPS) is 15.4. The molecule has 0 bridgehead atoms. The van der Waals surface area contributed by atoms with E-state index in [-0.39, 0.29) is 17.7 Å². The van der Waals surface area contributed by atoms with Gasteiger partial charge >= 0.3 is 0 Å². The van der Waals surface area contributed by atoms with Crippen LogP contribution in [0.1, 0.15) is 36.3 Å². The Balaban J connectivity index is 1.62. The van der Waals surface area contributed by atoms with Gasteiger partial charge in [-0.15, -0.1) is 0 Å². The minimum atomic E-state index is 0.203. The monoisotopic (exact) mass is 337 g/mol. The van der Waals surface area contributed by atoms with Crippen LogP contribution < -0.4 is 14.8 Å². The van der Waals surface area contributed by atoms with E-state index < -0.39 is 0 Å². The van der Waals surface area contributed by atoms with Crippen LogP contribution in [0.25, 0.3) is 11.1 Å². The van der Waals surface area contributed by atoms with E-state index in [1.165, 1.54) is 22.3 Å². The summed E-state index contributed by atoms with van der Waals surface area (Å²) in [4.78, 5) is 11.9. The molecule has 4 rings (SSSR count). The molecule has 1 saturated carbocycles. The molecule has 25 heavy (non-hydrogen) atoms. The summed E-state index contributed by atoms with van der Waals surface area (Å²) in [6, 6.07) is 12.5. The molecular weight excluding hydrogens is 314 g/mol. The molecule has 0 radical (unpaired) electrons. The van der Waals surface area contributed by atoms with Crippen molar-refractivity contribution in [3.8, 4) is 22.6 Å². The first-order valence-electron chi connectivity index (χ1n) is 8.85. The van der Waals surface area contributed by atoms with Crippen LogP contribution in [0.2, 0.25) is 0 Å². The van der Waals surface area contributed by atoms with Gasteiger partial charge in [0.2, 0.25) is 5.91 Å². The minimum Gasteiger partial charge on any atom is -0.497 e. The van der Waals surface area contributed by atoms with Crippen molar-refractivity contribution in [1.29, 1.82) is 0 Å². The molecule has 0 aliphatic heterocycles. The number of amides is 1. The third kappa shape index (κ3) is 2.97. The van der Waals surface area contributed by atoms with Crippen molar-refractivity contribution in [3.05, 3.63) is 47.5 Å².